The zero-order chi connectivity index (χ0) is 20.7. The van der Waals surface area contributed by atoms with E-state index >= 15 is 0 Å². The van der Waals surface area contributed by atoms with E-state index in [4.69, 9.17) is 4.98 Å². The number of hydrogen-bond donors (Lipinski definition) is 0. The highest BCUT2D eigenvalue weighted by Gasteiger charge is 2.42. The summed E-state index contributed by atoms with van der Waals surface area (Å²) < 4.78 is 1.86. The number of hydrogen-bond acceptors (Lipinski definition) is 5. The first-order chi connectivity index (χ1) is 14.6. The van der Waals surface area contributed by atoms with Gasteiger partial charge in [-0.1, -0.05) is 36.4 Å². The van der Waals surface area contributed by atoms with Crippen molar-refractivity contribution in [1.29, 1.82) is 0 Å². The van der Waals surface area contributed by atoms with Crippen molar-refractivity contribution in [1.82, 2.24) is 29.7 Å². The minimum atomic E-state index is 0.378. The van der Waals surface area contributed by atoms with E-state index < -0.39 is 0 Å². The van der Waals surface area contributed by atoms with Crippen molar-refractivity contribution in [2.45, 2.75) is 45.4 Å². The lowest BCUT2D eigenvalue weighted by atomic mass is 10.1. The summed E-state index contributed by atoms with van der Waals surface area (Å²) in [6, 6.07) is 16.6. The van der Waals surface area contributed by atoms with E-state index in [0.717, 1.165) is 41.1 Å². The molecule has 3 heterocycles. The Morgan fingerprint density at radius 3 is 2.43 bits per heavy atom. The minimum absolute atomic E-state index is 0.378. The number of rotatable bonds is 5. The van der Waals surface area contributed by atoms with Gasteiger partial charge in [-0.15, -0.1) is 5.10 Å². The maximum Gasteiger partial charge on any atom is 0.159 e. The van der Waals surface area contributed by atoms with Crippen LogP contribution in [0.2, 0.25) is 0 Å². The third-order valence-corrected chi connectivity index (χ3v) is 5.53. The summed E-state index contributed by atoms with van der Waals surface area (Å²) >= 11 is 0. The highest BCUT2D eigenvalue weighted by molar-refractivity contribution is 5.35. The molecule has 0 spiro atoms. The predicted molar refractivity (Wildman–Crippen MR) is 115 cm³/mol. The third kappa shape index (κ3) is 3.73. The standard InChI is InChI=1S/C24H24N6/c1-15-9-10-21(25-14-15)19-12-20(19)22-13-24(27-16(2)26-22)30-23(28-17(3)29-30)11-18-7-5-4-6-8-18/h4-10,13-14,19-20H,11-12H2,1-3H3/t19-,20-/m1/s1. The molecule has 1 aromatic carbocycles. The van der Waals surface area contributed by atoms with Crippen molar-refractivity contribution >= 4 is 0 Å². The van der Waals surface area contributed by atoms with Gasteiger partial charge in [0.05, 0.1) is 5.69 Å². The number of pyridine rings is 1. The van der Waals surface area contributed by atoms with Crippen LogP contribution >= 0.6 is 0 Å². The summed E-state index contributed by atoms with van der Waals surface area (Å²) in [5.74, 6) is 3.97. The molecule has 1 fully saturated rings. The third-order valence-electron chi connectivity index (χ3n) is 5.53. The molecule has 6 heteroatoms. The molecule has 1 saturated carbocycles. The van der Waals surface area contributed by atoms with Gasteiger partial charge >= 0.3 is 0 Å². The molecule has 0 amide bonds. The quantitative estimate of drug-likeness (QED) is 0.505. The Morgan fingerprint density at radius 2 is 1.67 bits per heavy atom. The van der Waals surface area contributed by atoms with Crippen LogP contribution in [-0.2, 0) is 6.42 Å². The van der Waals surface area contributed by atoms with Crippen LogP contribution in [-0.4, -0.2) is 29.7 Å². The lowest BCUT2D eigenvalue weighted by molar-refractivity contribution is 0.762. The van der Waals surface area contributed by atoms with Gasteiger partial charge in [-0.3, -0.25) is 4.98 Å². The number of aryl methyl sites for hydroxylation is 3. The summed E-state index contributed by atoms with van der Waals surface area (Å²) in [6.07, 6.45) is 3.72. The smallest absolute Gasteiger partial charge is 0.159 e. The fourth-order valence-electron chi connectivity index (χ4n) is 3.96. The molecule has 0 bridgehead atoms. The molecule has 0 radical (unpaired) electrons. The van der Waals surface area contributed by atoms with Crippen LogP contribution in [0.1, 0.15) is 58.2 Å². The van der Waals surface area contributed by atoms with Gasteiger partial charge in [-0.05, 0) is 44.4 Å². The minimum Gasteiger partial charge on any atom is -0.261 e. The van der Waals surface area contributed by atoms with E-state index in [2.05, 4.69) is 57.3 Å². The van der Waals surface area contributed by atoms with Gasteiger partial charge in [0, 0.05) is 36.2 Å². The fourth-order valence-corrected chi connectivity index (χ4v) is 3.96. The van der Waals surface area contributed by atoms with Crippen LogP contribution in [0.5, 0.6) is 0 Å². The first kappa shape index (κ1) is 18.6. The van der Waals surface area contributed by atoms with Crippen LogP contribution in [0.3, 0.4) is 0 Å². The van der Waals surface area contributed by atoms with Crippen molar-refractivity contribution in [3.63, 3.8) is 0 Å². The Bertz CT molecular complexity index is 1180. The molecule has 0 aliphatic heterocycles. The molecule has 4 aromatic rings. The Labute approximate surface area is 176 Å². The van der Waals surface area contributed by atoms with E-state index in [1.165, 1.54) is 11.1 Å². The van der Waals surface area contributed by atoms with Gasteiger partial charge in [0.1, 0.15) is 17.5 Å². The topological polar surface area (TPSA) is 69.4 Å². The van der Waals surface area contributed by atoms with E-state index in [1.54, 1.807) is 0 Å². The fraction of sp³-hybridized carbons (Fsp3) is 0.292. The molecule has 30 heavy (non-hydrogen) atoms. The number of nitrogens with zero attached hydrogens (tertiary/aromatic N) is 6. The summed E-state index contributed by atoms with van der Waals surface area (Å²) in [5.41, 5.74) is 4.59. The normalized spacial score (nSPS) is 17.8. The molecule has 150 valence electrons. The van der Waals surface area contributed by atoms with Crippen molar-refractivity contribution in [3.8, 4) is 5.82 Å². The van der Waals surface area contributed by atoms with Gasteiger partial charge in [0.25, 0.3) is 0 Å². The SMILES string of the molecule is Cc1ccc([C@@H]2C[C@H]2c2cc(-n3nc(C)nc3Cc3ccccc3)nc(C)n2)nc1. The van der Waals surface area contributed by atoms with Crippen LogP contribution in [0.15, 0.2) is 54.7 Å². The molecule has 0 saturated heterocycles. The van der Waals surface area contributed by atoms with E-state index in [-0.39, 0.29) is 0 Å². The molecule has 0 N–H and O–H groups in total. The average Bonchev–Trinajstić information content (AvgIpc) is 3.45. The molecule has 1 aliphatic carbocycles. The van der Waals surface area contributed by atoms with E-state index in [0.29, 0.717) is 18.3 Å². The van der Waals surface area contributed by atoms with Crippen molar-refractivity contribution < 1.29 is 0 Å². The Balaban J connectivity index is 1.46. The van der Waals surface area contributed by atoms with Crippen LogP contribution < -0.4 is 0 Å². The Kier molecular flexibility index (Phi) is 4.62. The summed E-state index contributed by atoms with van der Waals surface area (Å²) in [4.78, 5) is 18.7. The number of benzene rings is 1. The average molecular weight is 396 g/mol. The van der Waals surface area contributed by atoms with Crippen molar-refractivity contribution in [2.75, 3.05) is 0 Å². The molecule has 3 aromatic heterocycles. The molecular formula is C24H24N6. The first-order valence-electron chi connectivity index (χ1n) is 10.3. The first-order valence-corrected chi connectivity index (χ1v) is 10.3. The van der Waals surface area contributed by atoms with Gasteiger partial charge in [-0.25, -0.2) is 15.0 Å². The van der Waals surface area contributed by atoms with Gasteiger partial charge in [-0.2, -0.15) is 4.68 Å². The second kappa shape index (κ2) is 7.44. The van der Waals surface area contributed by atoms with Crippen molar-refractivity contribution in [2.24, 2.45) is 0 Å². The predicted octanol–water partition coefficient (Wildman–Crippen LogP) is 4.24. The monoisotopic (exact) mass is 396 g/mol. The molecule has 1 aliphatic rings. The summed E-state index contributed by atoms with van der Waals surface area (Å²) in [5, 5.41) is 4.63. The highest BCUT2D eigenvalue weighted by Crippen LogP contribution is 2.53. The lowest BCUT2D eigenvalue weighted by Gasteiger charge is -2.09. The van der Waals surface area contributed by atoms with Crippen molar-refractivity contribution in [3.05, 3.63) is 94.7 Å². The zero-order valence-corrected chi connectivity index (χ0v) is 17.4. The van der Waals surface area contributed by atoms with Crippen LogP contribution in [0.25, 0.3) is 5.82 Å². The molecule has 5 rings (SSSR count). The van der Waals surface area contributed by atoms with Gasteiger partial charge < -0.3 is 0 Å². The molecular weight excluding hydrogens is 372 g/mol. The molecule has 0 unspecified atom stereocenters. The lowest BCUT2D eigenvalue weighted by Crippen LogP contribution is -2.09. The summed E-state index contributed by atoms with van der Waals surface area (Å²) in [7, 11) is 0. The van der Waals surface area contributed by atoms with Gasteiger partial charge in [0.2, 0.25) is 0 Å². The van der Waals surface area contributed by atoms with Crippen LogP contribution in [0.4, 0.5) is 0 Å². The maximum atomic E-state index is 4.73. The Morgan fingerprint density at radius 1 is 0.867 bits per heavy atom. The largest absolute Gasteiger partial charge is 0.261 e. The second-order valence-corrected chi connectivity index (χ2v) is 8.06. The Hall–Kier alpha value is -3.41. The zero-order valence-electron chi connectivity index (χ0n) is 17.4. The highest BCUT2D eigenvalue weighted by atomic mass is 15.4. The van der Waals surface area contributed by atoms with Gasteiger partial charge in [0.15, 0.2) is 5.82 Å². The molecule has 6 nitrogen and oxygen atoms in total. The number of aromatic nitrogens is 6. The second-order valence-electron chi connectivity index (χ2n) is 8.06. The summed E-state index contributed by atoms with van der Waals surface area (Å²) in [6.45, 7) is 5.92. The van der Waals surface area contributed by atoms with E-state index in [1.807, 2.05) is 42.9 Å². The van der Waals surface area contributed by atoms with Crippen LogP contribution in [0, 0.1) is 20.8 Å². The molecule has 2 atom stereocenters. The van der Waals surface area contributed by atoms with E-state index in [9.17, 15) is 0 Å². The maximum absolute atomic E-state index is 4.73.